The van der Waals surface area contributed by atoms with Crippen LogP contribution in [0.4, 0.5) is 0 Å². The van der Waals surface area contributed by atoms with Crippen LogP contribution in [-0.2, 0) is 22.3 Å². The molecule has 0 aliphatic heterocycles. The van der Waals surface area contributed by atoms with E-state index in [2.05, 4.69) is 20.8 Å². The molecule has 0 radical (unpaired) electrons. The predicted molar refractivity (Wildman–Crippen MR) is 152 cm³/mol. The molecule has 2 atom stereocenters. The Morgan fingerprint density at radius 2 is 0.946 bits per heavy atom. The van der Waals surface area contributed by atoms with Crippen molar-refractivity contribution in [2.75, 3.05) is 0 Å². The topological polar surface area (TPSA) is 52.6 Å². The van der Waals surface area contributed by atoms with Crippen LogP contribution in [0.15, 0.2) is 48.5 Å². The largest absolute Gasteiger partial charge is 0.458 e. The lowest BCUT2D eigenvalue weighted by molar-refractivity contribution is -0.0362. The summed E-state index contributed by atoms with van der Waals surface area (Å²) in [6, 6.07) is 15.5. The zero-order chi connectivity index (χ0) is 27.0. The number of esters is 2. The van der Waals surface area contributed by atoms with Crippen molar-refractivity contribution in [2.45, 2.75) is 117 Å². The normalized spacial score (nSPS) is 13.5. The zero-order valence-electron chi connectivity index (χ0n) is 23.8. The Hall–Kier alpha value is -2.62. The third-order valence-electron chi connectivity index (χ3n) is 7.27. The smallest absolute Gasteiger partial charge is 0.338 e. The van der Waals surface area contributed by atoms with E-state index in [1.54, 1.807) is 0 Å². The summed E-state index contributed by atoms with van der Waals surface area (Å²) < 4.78 is 12.0. The van der Waals surface area contributed by atoms with E-state index in [0.29, 0.717) is 24.0 Å². The van der Waals surface area contributed by atoms with Crippen LogP contribution >= 0.6 is 0 Å². The van der Waals surface area contributed by atoms with E-state index in [1.807, 2.05) is 62.4 Å². The van der Waals surface area contributed by atoms with Crippen molar-refractivity contribution >= 4 is 11.9 Å². The average Bonchev–Trinajstić information content (AvgIpc) is 2.93. The maximum absolute atomic E-state index is 13.0. The Bertz CT molecular complexity index is 841. The van der Waals surface area contributed by atoms with Gasteiger partial charge in [-0.15, -0.1) is 0 Å². The van der Waals surface area contributed by atoms with Gasteiger partial charge in [0.05, 0.1) is 11.1 Å². The fourth-order valence-corrected chi connectivity index (χ4v) is 4.90. The third kappa shape index (κ3) is 9.98. The highest BCUT2D eigenvalue weighted by Gasteiger charge is 2.32. The quantitative estimate of drug-likeness (QED) is 0.158. The molecule has 0 saturated heterocycles. The Labute approximate surface area is 225 Å². The highest BCUT2D eigenvalue weighted by molar-refractivity contribution is 5.90. The molecule has 204 valence electrons. The molecule has 2 aromatic carbocycles. The van der Waals surface area contributed by atoms with Gasteiger partial charge in [0.2, 0.25) is 0 Å². The summed E-state index contributed by atoms with van der Waals surface area (Å²) in [7, 11) is 0. The van der Waals surface area contributed by atoms with E-state index in [0.717, 1.165) is 32.1 Å². The second kappa shape index (κ2) is 17.0. The van der Waals surface area contributed by atoms with Gasteiger partial charge < -0.3 is 9.47 Å². The number of hydrogen-bond acceptors (Lipinski definition) is 4. The predicted octanol–water partition coefficient (Wildman–Crippen LogP) is 8.75. The van der Waals surface area contributed by atoms with Crippen molar-refractivity contribution in [2.24, 2.45) is 5.92 Å². The molecule has 4 heteroatoms. The van der Waals surface area contributed by atoms with E-state index in [1.165, 1.54) is 36.8 Å². The molecule has 2 unspecified atom stereocenters. The Morgan fingerprint density at radius 3 is 1.24 bits per heavy atom. The highest BCUT2D eigenvalue weighted by Crippen LogP contribution is 2.26. The zero-order valence-corrected chi connectivity index (χ0v) is 23.8. The van der Waals surface area contributed by atoms with Gasteiger partial charge in [0.25, 0.3) is 0 Å². The van der Waals surface area contributed by atoms with Gasteiger partial charge >= 0.3 is 11.9 Å². The minimum atomic E-state index is -0.319. The third-order valence-corrected chi connectivity index (χ3v) is 7.27. The first kappa shape index (κ1) is 30.6. The van der Waals surface area contributed by atoms with Crippen LogP contribution in [0, 0.1) is 5.92 Å². The van der Waals surface area contributed by atoms with Gasteiger partial charge in [0, 0.05) is 5.92 Å². The van der Waals surface area contributed by atoms with Crippen molar-refractivity contribution in [3.05, 3.63) is 70.8 Å². The molecule has 0 heterocycles. The number of hydrogen-bond donors (Lipinski definition) is 0. The summed E-state index contributed by atoms with van der Waals surface area (Å²) in [5.74, 6) is -0.694. The molecule has 2 aromatic rings. The van der Waals surface area contributed by atoms with Gasteiger partial charge in [0.15, 0.2) is 0 Å². The molecule has 0 spiro atoms. The lowest BCUT2D eigenvalue weighted by Gasteiger charge is -2.31. The molecule has 37 heavy (non-hydrogen) atoms. The maximum Gasteiger partial charge on any atom is 0.338 e. The molecule has 0 aliphatic rings. The fraction of sp³-hybridized carbons (Fsp3) is 0.576. The van der Waals surface area contributed by atoms with E-state index in [9.17, 15) is 9.59 Å². The number of unbranched alkanes of at least 4 members (excludes halogenated alkanes) is 4. The van der Waals surface area contributed by atoms with E-state index >= 15 is 0 Å². The standard InChI is InChI=1S/C33H48O4/c1-6-11-13-15-25-17-21-27(22-18-25)32(34)36-30(9-4)29(8-3)31(10-5)37-33(35)28-23-19-26(20-24-28)16-14-12-7-2/h17-24,29-31H,6-16H2,1-5H3. The summed E-state index contributed by atoms with van der Waals surface area (Å²) in [4.78, 5) is 25.9. The Balaban J connectivity index is 2.01. The van der Waals surface area contributed by atoms with Crippen molar-refractivity contribution in [3.8, 4) is 0 Å². The van der Waals surface area contributed by atoms with Crippen molar-refractivity contribution in [1.82, 2.24) is 0 Å². The van der Waals surface area contributed by atoms with Crippen LogP contribution < -0.4 is 0 Å². The van der Waals surface area contributed by atoms with Crippen LogP contribution in [-0.4, -0.2) is 24.1 Å². The maximum atomic E-state index is 13.0. The molecule has 0 fully saturated rings. The number of ether oxygens (including phenoxy) is 2. The van der Waals surface area contributed by atoms with Gasteiger partial charge in [-0.3, -0.25) is 0 Å². The summed E-state index contributed by atoms with van der Waals surface area (Å²) in [5, 5.41) is 0. The summed E-state index contributed by atoms with van der Waals surface area (Å²) in [5.41, 5.74) is 3.62. The fourth-order valence-electron chi connectivity index (χ4n) is 4.90. The number of rotatable bonds is 17. The number of carbonyl (C=O) groups excluding carboxylic acids is 2. The van der Waals surface area contributed by atoms with Crippen LogP contribution in [0.5, 0.6) is 0 Å². The lowest BCUT2D eigenvalue weighted by Crippen LogP contribution is -2.37. The first-order valence-electron chi connectivity index (χ1n) is 14.6. The molecular weight excluding hydrogens is 460 g/mol. The first-order valence-corrected chi connectivity index (χ1v) is 14.6. The van der Waals surface area contributed by atoms with Gasteiger partial charge in [-0.2, -0.15) is 0 Å². The van der Waals surface area contributed by atoms with Gasteiger partial charge in [-0.05, 0) is 80.3 Å². The van der Waals surface area contributed by atoms with Crippen LogP contribution in [0.3, 0.4) is 0 Å². The summed E-state index contributed by atoms with van der Waals surface area (Å²) >= 11 is 0. The van der Waals surface area contributed by atoms with Gasteiger partial charge in [-0.1, -0.05) is 84.6 Å². The molecule has 0 saturated carbocycles. The van der Waals surface area contributed by atoms with Crippen molar-refractivity contribution in [3.63, 3.8) is 0 Å². The molecule has 0 N–H and O–H groups in total. The SMILES string of the molecule is CCCCCc1ccc(C(=O)OC(CC)C(CC)C(CC)OC(=O)c2ccc(CCCCC)cc2)cc1. The molecule has 0 bridgehead atoms. The summed E-state index contributed by atoms with van der Waals surface area (Å²) in [6.45, 7) is 10.5. The van der Waals surface area contributed by atoms with Crippen LogP contribution in [0.25, 0.3) is 0 Å². The molecule has 0 aromatic heterocycles. The number of benzene rings is 2. The lowest BCUT2D eigenvalue weighted by atomic mass is 9.89. The molecule has 2 rings (SSSR count). The van der Waals surface area contributed by atoms with Gasteiger partial charge in [0.1, 0.15) is 12.2 Å². The monoisotopic (exact) mass is 508 g/mol. The summed E-state index contributed by atoms with van der Waals surface area (Å²) in [6.07, 6.45) is 10.7. The van der Waals surface area contributed by atoms with E-state index in [4.69, 9.17) is 9.47 Å². The van der Waals surface area contributed by atoms with Crippen LogP contribution in [0.2, 0.25) is 0 Å². The second-order valence-corrected chi connectivity index (χ2v) is 10.1. The number of carbonyl (C=O) groups is 2. The molecule has 0 amide bonds. The van der Waals surface area contributed by atoms with E-state index < -0.39 is 0 Å². The Kier molecular flexibility index (Phi) is 14.1. The molecular formula is C33H48O4. The molecule has 0 aliphatic carbocycles. The average molecular weight is 509 g/mol. The number of aryl methyl sites for hydroxylation is 2. The van der Waals surface area contributed by atoms with E-state index in [-0.39, 0.29) is 30.1 Å². The van der Waals surface area contributed by atoms with Crippen molar-refractivity contribution in [1.29, 1.82) is 0 Å². The second-order valence-electron chi connectivity index (χ2n) is 10.1. The minimum Gasteiger partial charge on any atom is -0.458 e. The van der Waals surface area contributed by atoms with Gasteiger partial charge in [-0.25, -0.2) is 9.59 Å². The molecule has 4 nitrogen and oxygen atoms in total. The van der Waals surface area contributed by atoms with Crippen molar-refractivity contribution < 1.29 is 19.1 Å². The van der Waals surface area contributed by atoms with Crippen LogP contribution in [0.1, 0.15) is 124 Å². The highest BCUT2D eigenvalue weighted by atomic mass is 16.6. The first-order chi connectivity index (χ1) is 18.0. The Morgan fingerprint density at radius 1 is 0.568 bits per heavy atom. The minimum absolute atomic E-state index is 0.0652.